The zero-order valence-electron chi connectivity index (χ0n) is 10.6. The third-order valence-electron chi connectivity index (χ3n) is 3.52. The first-order chi connectivity index (χ1) is 8.79. The smallest absolute Gasteiger partial charge is 0.123 e. The van der Waals surface area contributed by atoms with Gasteiger partial charge in [0.05, 0.1) is 12.2 Å². The van der Waals surface area contributed by atoms with Crippen LogP contribution < -0.4 is 0 Å². The average molecular weight is 362 g/mol. The molecule has 0 aromatic heterocycles. The van der Waals surface area contributed by atoms with Gasteiger partial charge in [0.2, 0.25) is 0 Å². The van der Waals surface area contributed by atoms with Gasteiger partial charge in [0.25, 0.3) is 0 Å². The van der Waals surface area contributed by atoms with Gasteiger partial charge in [-0.1, -0.05) is 60.4 Å². The summed E-state index contributed by atoms with van der Waals surface area (Å²) in [5.74, 6) is -0.174. The van der Waals surface area contributed by atoms with E-state index >= 15 is 0 Å². The Labute approximate surface area is 122 Å². The monoisotopic (exact) mass is 362 g/mol. The van der Waals surface area contributed by atoms with Gasteiger partial charge in [0.1, 0.15) is 5.82 Å². The second-order valence-corrected chi connectivity index (χ2v) is 5.83. The molecule has 100 valence electrons. The molecule has 0 saturated heterocycles. The van der Waals surface area contributed by atoms with E-state index in [0.29, 0.717) is 6.10 Å². The molecule has 1 aromatic carbocycles. The van der Waals surface area contributed by atoms with Crippen LogP contribution >= 0.6 is 22.6 Å². The van der Waals surface area contributed by atoms with Crippen LogP contribution in [0.3, 0.4) is 0 Å². The molecule has 1 aromatic rings. The Morgan fingerprint density at radius 3 is 2.56 bits per heavy atom. The van der Waals surface area contributed by atoms with Crippen LogP contribution in [0, 0.1) is 5.82 Å². The van der Waals surface area contributed by atoms with Gasteiger partial charge in [-0.2, -0.15) is 0 Å². The van der Waals surface area contributed by atoms with E-state index in [1.807, 2.05) is 6.07 Å². The largest absolute Gasteiger partial charge is 0.369 e. The van der Waals surface area contributed by atoms with Crippen molar-refractivity contribution in [1.82, 2.24) is 0 Å². The fourth-order valence-corrected chi connectivity index (χ4v) is 3.24. The van der Waals surface area contributed by atoms with Crippen molar-refractivity contribution in [1.29, 1.82) is 0 Å². The van der Waals surface area contributed by atoms with Crippen LogP contribution in [0.1, 0.15) is 50.2 Å². The normalized spacial score (nSPS) is 19.4. The highest BCUT2D eigenvalue weighted by atomic mass is 127. The van der Waals surface area contributed by atoms with E-state index in [4.69, 9.17) is 4.74 Å². The molecule has 18 heavy (non-hydrogen) atoms. The number of benzene rings is 1. The van der Waals surface area contributed by atoms with Gasteiger partial charge in [-0.25, -0.2) is 4.39 Å². The van der Waals surface area contributed by atoms with Crippen molar-refractivity contribution in [3.8, 4) is 0 Å². The van der Waals surface area contributed by atoms with Crippen molar-refractivity contribution < 1.29 is 9.13 Å². The molecule has 0 radical (unpaired) electrons. The summed E-state index contributed by atoms with van der Waals surface area (Å²) >= 11 is 2.32. The zero-order valence-corrected chi connectivity index (χ0v) is 12.7. The minimum Gasteiger partial charge on any atom is -0.369 e. The molecule has 0 N–H and O–H groups in total. The average Bonchev–Trinajstić information content (AvgIpc) is 2.64. The highest BCUT2D eigenvalue weighted by Crippen LogP contribution is 2.28. The predicted octanol–water partition coefficient (Wildman–Crippen LogP) is 5.04. The molecule has 0 spiro atoms. The van der Waals surface area contributed by atoms with E-state index < -0.39 is 0 Å². The quantitative estimate of drug-likeness (QED) is 0.414. The van der Waals surface area contributed by atoms with Crippen LogP contribution in [0.5, 0.6) is 0 Å². The summed E-state index contributed by atoms with van der Waals surface area (Å²) < 4.78 is 20.3. The molecule has 0 bridgehead atoms. The second kappa shape index (κ2) is 7.43. The highest BCUT2D eigenvalue weighted by Gasteiger charge is 2.19. The Balaban J connectivity index is 1.99. The molecule has 1 saturated carbocycles. The topological polar surface area (TPSA) is 9.23 Å². The van der Waals surface area contributed by atoms with E-state index in [9.17, 15) is 4.39 Å². The molecule has 1 unspecified atom stereocenters. The van der Waals surface area contributed by atoms with Gasteiger partial charge in [0.15, 0.2) is 0 Å². The molecule has 3 heteroatoms. The van der Waals surface area contributed by atoms with E-state index in [-0.39, 0.29) is 11.9 Å². The number of alkyl halides is 1. The SMILES string of the molecule is Fc1cccc(C(CI)OC2CCCCCC2)c1. The number of hydrogen-bond acceptors (Lipinski definition) is 1. The highest BCUT2D eigenvalue weighted by molar-refractivity contribution is 14.1. The first-order valence-corrected chi connectivity index (χ1v) is 8.29. The summed E-state index contributed by atoms with van der Waals surface area (Å²) in [7, 11) is 0. The van der Waals surface area contributed by atoms with E-state index in [1.165, 1.54) is 31.7 Å². The molecule has 1 nitrogen and oxygen atoms in total. The molecule has 0 heterocycles. The maximum absolute atomic E-state index is 13.2. The molecule has 1 aliphatic carbocycles. The minimum atomic E-state index is -0.174. The third-order valence-corrected chi connectivity index (χ3v) is 4.32. The molecule has 0 amide bonds. The summed E-state index contributed by atoms with van der Waals surface area (Å²) in [6, 6.07) is 6.81. The van der Waals surface area contributed by atoms with Gasteiger partial charge in [-0.15, -0.1) is 0 Å². The van der Waals surface area contributed by atoms with Crippen molar-refractivity contribution in [3.05, 3.63) is 35.6 Å². The molecule has 0 aliphatic heterocycles. The maximum atomic E-state index is 13.2. The predicted molar refractivity (Wildman–Crippen MR) is 80.6 cm³/mol. The van der Waals surface area contributed by atoms with Gasteiger partial charge in [-0.05, 0) is 30.5 Å². The Kier molecular flexibility index (Phi) is 5.89. The van der Waals surface area contributed by atoms with E-state index in [2.05, 4.69) is 22.6 Å². The van der Waals surface area contributed by atoms with Gasteiger partial charge >= 0.3 is 0 Å². The molecule has 2 rings (SSSR count). The van der Waals surface area contributed by atoms with Crippen molar-refractivity contribution in [2.24, 2.45) is 0 Å². The van der Waals surface area contributed by atoms with Crippen LogP contribution in [-0.4, -0.2) is 10.5 Å². The van der Waals surface area contributed by atoms with Gasteiger partial charge < -0.3 is 4.74 Å². The van der Waals surface area contributed by atoms with E-state index in [0.717, 1.165) is 22.8 Å². The lowest BCUT2D eigenvalue weighted by molar-refractivity contribution is -0.00718. The summed E-state index contributed by atoms with van der Waals surface area (Å²) in [4.78, 5) is 0. The lowest BCUT2D eigenvalue weighted by Gasteiger charge is -2.23. The van der Waals surface area contributed by atoms with Gasteiger partial charge in [-0.3, -0.25) is 0 Å². The van der Waals surface area contributed by atoms with Crippen LogP contribution in [0.25, 0.3) is 0 Å². The summed E-state index contributed by atoms with van der Waals surface area (Å²) in [5, 5.41) is 0. The standard InChI is InChI=1S/C15H20FIO/c16-13-7-5-6-12(10-13)15(11-17)18-14-8-3-1-2-4-9-14/h5-7,10,14-15H,1-4,8-9,11H2. The number of hydrogen-bond donors (Lipinski definition) is 0. The molecule has 1 fully saturated rings. The third kappa shape index (κ3) is 4.19. The summed E-state index contributed by atoms with van der Waals surface area (Å²) in [6.45, 7) is 0. The minimum absolute atomic E-state index is 0.0319. The fraction of sp³-hybridized carbons (Fsp3) is 0.600. The van der Waals surface area contributed by atoms with Crippen molar-refractivity contribution in [2.75, 3.05) is 4.43 Å². The first kappa shape index (κ1) is 14.3. The zero-order chi connectivity index (χ0) is 12.8. The summed E-state index contributed by atoms with van der Waals surface area (Å²) in [5.41, 5.74) is 0.966. The Hall–Kier alpha value is -0.160. The van der Waals surface area contributed by atoms with Crippen LogP contribution in [-0.2, 0) is 4.74 Å². The Morgan fingerprint density at radius 1 is 1.22 bits per heavy atom. The van der Waals surface area contributed by atoms with Crippen molar-refractivity contribution >= 4 is 22.6 Å². The maximum Gasteiger partial charge on any atom is 0.123 e. The second-order valence-electron chi connectivity index (χ2n) is 4.95. The Morgan fingerprint density at radius 2 is 1.94 bits per heavy atom. The fourth-order valence-electron chi connectivity index (χ4n) is 2.52. The molecule has 1 aliphatic rings. The van der Waals surface area contributed by atoms with Crippen molar-refractivity contribution in [3.63, 3.8) is 0 Å². The van der Waals surface area contributed by atoms with Crippen LogP contribution in [0.15, 0.2) is 24.3 Å². The number of ether oxygens (including phenoxy) is 1. The molecule has 1 atom stereocenters. The molecular formula is C15H20FIO. The lowest BCUT2D eigenvalue weighted by atomic mass is 10.1. The van der Waals surface area contributed by atoms with E-state index in [1.54, 1.807) is 12.1 Å². The van der Waals surface area contributed by atoms with Crippen molar-refractivity contribution in [2.45, 2.75) is 50.7 Å². The Bertz CT molecular complexity index is 361. The lowest BCUT2D eigenvalue weighted by Crippen LogP contribution is -2.17. The summed E-state index contributed by atoms with van der Waals surface area (Å²) in [6.07, 6.45) is 7.89. The van der Waals surface area contributed by atoms with Crippen LogP contribution in [0.2, 0.25) is 0 Å². The number of halogens is 2. The van der Waals surface area contributed by atoms with Crippen LogP contribution in [0.4, 0.5) is 4.39 Å². The number of rotatable bonds is 4. The molecular weight excluding hydrogens is 342 g/mol. The first-order valence-electron chi connectivity index (χ1n) is 6.76. The van der Waals surface area contributed by atoms with Gasteiger partial charge in [0, 0.05) is 4.43 Å².